The molecule has 0 bridgehead atoms. The number of hydrogen-bond acceptors (Lipinski definition) is 4. The molecule has 1 saturated carbocycles. The lowest BCUT2D eigenvalue weighted by Gasteiger charge is -2.22. The van der Waals surface area contributed by atoms with E-state index in [0.29, 0.717) is 25.6 Å². The third kappa shape index (κ3) is 5.67. The summed E-state index contributed by atoms with van der Waals surface area (Å²) in [6.45, 7) is 3.12. The van der Waals surface area contributed by atoms with Crippen molar-refractivity contribution in [3.05, 3.63) is 80.2 Å². The molecule has 0 aliphatic heterocycles. The topological polar surface area (TPSA) is 42.4 Å². The minimum absolute atomic E-state index is 0.142. The Kier molecular flexibility index (Phi) is 6.31. The van der Waals surface area contributed by atoms with Gasteiger partial charge in [-0.1, -0.05) is 45.8 Å². The molecule has 6 heteroatoms. The molecule has 0 unspecified atom stereocenters. The molecule has 0 spiro atoms. The van der Waals surface area contributed by atoms with E-state index in [4.69, 9.17) is 4.74 Å². The Bertz CT molecular complexity index is 983. The van der Waals surface area contributed by atoms with Crippen LogP contribution in [0.3, 0.4) is 0 Å². The molecule has 0 saturated heterocycles. The van der Waals surface area contributed by atoms with Crippen LogP contribution in [0.2, 0.25) is 0 Å². The summed E-state index contributed by atoms with van der Waals surface area (Å²) < 4.78 is 6.84. The highest BCUT2D eigenvalue weighted by molar-refractivity contribution is 9.10. The quantitative estimate of drug-likeness (QED) is 0.434. The molecule has 4 nitrogen and oxygen atoms in total. The monoisotopic (exact) mass is 470 g/mol. The van der Waals surface area contributed by atoms with Crippen molar-refractivity contribution in [2.75, 3.05) is 0 Å². The second-order valence-corrected chi connectivity index (χ2v) is 9.25. The first kappa shape index (κ1) is 20.1. The molecule has 3 aromatic rings. The van der Waals surface area contributed by atoms with E-state index in [1.54, 1.807) is 11.3 Å². The summed E-state index contributed by atoms with van der Waals surface area (Å²) in [5, 5.41) is 2.86. The van der Waals surface area contributed by atoms with Crippen molar-refractivity contribution in [3.63, 3.8) is 0 Å². The highest BCUT2D eigenvalue weighted by atomic mass is 79.9. The Morgan fingerprint density at radius 3 is 2.76 bits per heavy atom. The van der Waals surface area contributed by atoms with Crippen LogP contribution in [0.25, 0.3) is 0 Å². The van der Waals surface area contributed by atoms with E-state index in [0.717, 1.165) is 39.3 Å². The lowest BCUT2D eigenvalue weighted by atomic mass is 10.2. The molecule has 1 amide bonds. The fraction of sp³-hybridized carbons (Fsp3) is 0.304. The van der Waals surface area contributed by atoms with Gasteiger partial charge < -0.3 is 9.64 Å². The van der Waals surface area contributed by atoms with Crippen LogP contribution >= 0.6 is 27.3 Å². The average molecular weight is 471 g/mol. The zero-order chi connectivity index (χ0) is 20.2. The lowest BCUT2D eigenvalue weighted by molar-refractivity contribution is -0.131. The van der Waals surface area contributed by atoms with Crippen molar-refractivity contribution < 1.29 is 9.53 Å². The molecule has 29 heavy (non-hydrogen) atoms. The van der Waals surface area contributed by atoms with E-state index < -0.39 is 0 Å². The number of aryl methyl sites for hydroxylation is 1. The van der Waals surface area contributed by atoms with Crippen molar-refractivity contribution in [1.29, 1.82) is 0 Å². The third-order valence-corrected chi connectivity index (χ3v) is 6.23. The second kappa shape index (κ2) is 9.09. The van der Waals surface area contributed by atoms with Gasteiger partial charge in [-0.2, -0.15) is 0 Å². The lowest BCUT2D eigenvalue weighted by Crippen LogP contribution is -2.33. The van der Waals surface area contributed by atoms with E-state index >= 15 is 0 Å². The van der Waals surface area contributed by atoms with Gasteiger partial charge in [-0.15, -0.1) is 11.3 Å². The number of nitrogens with zero attached hydrogens (tertiary/aromatic N) is 2. The molecule has 4 rings (SSSR count). The molecule has 0 N–H and O–H groups in total. The molecule has 150 valence electrons. The SMILES string of the molecule is Cc1ccc(OCc2nc(CC(=O)N(Cc3cccc(Br)c3)C3CC3)cs2)cc1. The predicted molar refractivity (Wildman–Crippen MR) is 119 cm³/mol. The van der Waals surface area contributed by atoms with Crippen LogP contribution in [-0.4, -0.2) is 21.8 Å². The minimum Gasteiger partial charge on any atom is -0.486 e. The van der Waals surface area contributed by atoms with Crippen LogP contribution in [0.15, 0.2) is 58.4 Å². The Labute approximate surface area is 183 Å². The Morgan fingerprint density at radius 1 is 1.24 bits per heavy atom. The number of hydrogen-bond donors (Lipinski definition) is 0. The van der Waals surface area contributed by atoms with E-state index in [9.17, 15) is 4.79 Å². The zero-order valence-corrected chi connectivity index (χ0v) is 18.7. The maximum absolute atomic E-state index is 13.0. The van der Waals surface area contributed by atoms with Gasteiger partial charge in [0.2, 0.25) is 5.91 Å². The van der Waals surface area contributed by atoms with E-state index in [1.165, 1.54) is 5.56 Å². The van der Waals surface area contributed by atoms with Crippen molar-refractivity contribution in [2.45, 2.75) is 45.4 Å². The second-order valence-electron chi connectivity index (χ2n) is 7.39. The van der Waals surface area contributed by atoms with Gasteiger partial charge in [0.05, 0.1) is 12.1 Å². The fourth-order valence-corrected chi connectivity index (χ4v) is 4.32. The van der Waals surface area contributed by atoms with Crippen molar-refractivity contribution in [3.8, 4) is 5.75 Å². The van der Waals surface area contributed by atoms with Gasteiger partial charge in [-0.25, -0.2) is 4.98 Å². The smallest absolute Gasteiger partial charge is 0.229 e. The number of benzene rings is 2. The third-order valence-electron chi connectivity index (χ3n) is 4.86. The van der Waals surface area contributed by atoms with Gasteiger partial charge in [-0.05, 0) is 49.6 Å². The summed E-state index contributed by atoms with van der Waals surface area (Å²) in [5.41, 5.74) is 3.17. The summed E-state index contributed by atoms with van der Waals surface area (Å²) in [6.07, 6.45) is 2.52. The normalized spacial score (nSPS) is 13.3. The van der Waals surface area contributed by atoms with Gasteiger partial charge in [0.1, 0.15) is 17.4 Å². The van der Waals surface area contributed by atoms with Gasteiger partial charge in [0.15, 0.2) is 0 Å². The van der Waals surface area contributed by atoms with Crippen molar-refractivity contribution in [2.24, 2.45) is 0 Å². The van der Waals surface area contributed by atoms with Crippen LogP contribution in [0.4, 0.5) is 0 Å². The van der Waals surface area contributed by atoms with E-state index in [1.807, 2.05) is 46.7 Å². The summed E-state index contributed by atoms with van der Waals surface area (Å²) in [7, 11) is 0. The molecule has 1 aliphatic carbocycles. The van der Waals surface area contributed by atoms with Crippen LogP contribution in [0, 0.1) is 6.92 Å². The number of halogens is 1. The maximum atomic E-state index is 13.0. The summed E-state index contributed by atoms with van der Waals surface area (Å²) in [4.78, 5) is 19.6. The molecule has 0 atom stereocenters. The highest BCUT2D eigenvalue weighted by Crippen LogP contribution is 2.29. The molecule has 2 aromatic carbocycles. The molecule has 1 fully saturated rings. The van der Waals surface area contributed by atoms with E-state index in [-0.39, 0.29) is 5.91 Å². The Morgan fingerprint density at radius 2 is 2.03 bits per heavy atom. The van der Waals surface area contributed by atoms with Crippen LogP contribution < -0.4 is 4.74 Å². The van der Waals surface area contributed by atoms with E-state index in [2.05, 4.69) is 40.0 Å². The summed E-state index contributed by atoms with van der Waals surface area (Å²) >= 11 is 5.05. The first-order valence-corrected chi connectivity index (χ1v) is 11.4. The number of thiazole rings is 1. The van der Waals surface area contributed by atoms with Crippen molar-refractivity contribution in [1.82, 2.24) is 9.88 Å². The van der Waals surface area contributed by atoms with Crippen LogP contribution in [-0.2, 0) is 24.4 Å². The summed E-state index contributed by atoms with van der Waals surface area (Å²) in [5.74, 6) is 0.973. The molecular weight excluding hydrogens is 448 g/mol. The van der Waals surface area contributed by atoms with Gasteiger partial charge in [-0.3, -0.25) is 4.79 Å². The predicted octanol–water partition coefficient (Wildman–Crippen LogP) is 5.53. The number of rotatable bonds is 8. The number of ether oxygens (including phenoxy) is 1. The van der Waals surface area contributed by atoms with Gasteiger partial charge >= 0.3 is 0 Å². The van der Waals surface area contributed by atoms with Crippen molar-refractivity contribution >= 4 is 33.2 Å². The van der Waals surface area contributed by atoms with Crippen LogP contribution in [0.1, 0.15) is 34.7 Å². The largest absolute Gasteiger partial charge is 0.486 e. The molecule has 1 heterocycles. The average Bonchev–Trinajstić information content (AvgIpc) is 3.45. The number of amides is 1. The molecule has 1 aromatic heterocycles. The first-order valence-electron chi connectivity index (χ1n) is 9.73. The number of aromatic nitrogens is 1. The number of carbonyl (C=O) groups excluding carboxylic acids is 1. The van der Waals surface area contributed by atoms with Crippen LogP contribution in [0.5, 0.6) is 5.75 Å². The molecule has 1 aliphatic rings. The molecular formula is C23H23BrN2O2S. The summed E-state index contributed by atoms with van der Waals surface area (Å²) in [6, 6.07) is 16.5. The Hall–Kier alpha value is -2.18. The standard InChI is InChI=1S/C23H23BrN2O2S/c1-16-5-9-21(10-6-16)28-14-22-25-19(15-29-22)12-23(27)26(20-7-8-20)13-17-3-2-4-18(24)11-17/h2-6,9-11,15,20H,7-8,12-14H2,1H3. The number of carbonyl (C=O) groups is 1. The molecule has 0 radical (unpaired) electrons. The Balaban J connectivity index is 1.35. The first-order chi connectivity index (χ1) is 14.1. The zero-order valence-electron chi connectivity index (χ0n) is 16.3. The minimum atomic E-state index is 0.142. The van der Waals surface area contributed by atoms with Gasteiger partial charge in [0.25, 0.3) is 0 Å². The maximum Gasteiger partial charge on any atom is 0.229 e. The highest BCUT2D eigenvalue weighted by Gasteiger charge is 2.32. The fourth-order valence-electron chi connectivity index (χ4n) is 3.17. The van der Waals surface area contributed by atoms with Gasteiger partial charge in [0, 0.05) is 22.4 Å².